The third kappa shape index (κ3) is 5.35. The van der Waals surface area contributed by atoms with Crippen molar-refractivity contribution >= 4 is 34.4 Å². The lowest BCUT2D eigenvalue weighted by Crippen LogP contribution is -2.37. The molecule has 1 heterocycles. The van der Waals surface area contributed by atoms with Crippen molar-refractivity contribution in [3.8, 4) is 11.4 Å². The Labute approximate surface area is 178 Å². The summed E-state index contributed by atoms with van der Waals surface area (Å²) in [6.07, 6.45) is -0.675. The number of nitroso groups, excluding NO2 is 1. The molecule has 0 aliphatic carbocycles. The van der Waals surface area contributed by atoms with Crippen LogP contribution in [0.4, 0.5) is 16.2 Å². The van der Waals surface area contributed by atoms with Crippen molar-refractivity contribution in [1.29, 1.82) is 0 Å². The van der Waals surface area contributed by atoms with Crippen LogP contribution in [0.1, 0.15) is 20.8 Å². The zero-order valence-electron chi connectivity index (χ0n) is 17.7. The van der Waals surface area contributed by atoms with E-state index in [1.807, 2.05) is 0 Å². The van der Waals surface area contributed by atoms with Gasteiger partial charge < -0.3 is 20.6 Å². The molecule has 0 saturated carbocycles. The Morgan fingerprint density at radius 1 is 1.16 bits per heavy atom. The van der Waals surface area contributed by atoms with Crippen molar-refractivity contribution in [3.63, 3.8) is 0 Å². The highest BCUT2D eigenvalue weighted by molar-refractivity contribution is 5.94. The Morgan fingerprint density at radius 2 is 1.84 bits per heavy atom. The minimum atomic E-state index is -0.675. The molecule has 0 atom stereocenters. The van der Waals surface area contributed by atoms with Gasteiger partial charge in [-0.1, -0.05) is 0 Å². The van der Waals surface area contributed by atoms with Gasteiger partial charge in [0.05, 0.1) is 5.52 Å². The maximum Gasteiger partial charge on any atom is 0.408 e. The first kappa shape index (κ1) is 21.8. The Bertz CT molecular complexity index is 1150. The third-order valence-corrected chi connectivity index (χ3v) is 4.20. The highest BCUT2D eigenvalue weighted by Crippen LogP contribution is 2.27. The molecular formula is C21H24N5O5+. The summed E-state index contributed by atoms with van der Waals surface area (Å²) in [7, 11) is 1.37. The second-order valence-electron chi connectivity index (χ2n) is 7.90. The molecule has 0 spiro atoms. The lowest BCUT2D eigenvalue weighted by Gasteiger charge is -2.19. The maximum atomic E-state index is 12.0. The molecule has 0 saturated heterocycles. The number of nitrogens with zero attached hydrogens (tertiary/aromatic N) is 3. The van der Waals surface area contributed by atoms with Gasteiger partial charge in [0.2, 0.25) is 5.91 Å². The van der Waals surface area contributed by atoms with Gasteiger partial charge in [0.1, 0.15) is 17.7 Å². The van der Waals surface area contributed by atoms with Gasteiger partial charge in [0.15, 0.2) is 12.9 Å². The van der Waals surface area contributed by atoms with Crippen molar-refractivity contribution in [1.82, 2.24) is 15.0 Å². The van der Waals surface area contributed by atoms with E-state index < -0.39 is 17.6 Å². The molecule has 10 heteroatoms. The van der Waals surface area contributed by atoms with Gasteiger partial charge in [-0.05, 0) is 51.1 Å². The van der Waals surface area contributed by atoms with Gasteiger partial charge in [-0.3, -0.25) is 4.79 Å². The monoisotopic (exact) mass is 426 g/mol. The summed E-state index contributed by atoms with van der Waals surface area (Å²) in [6.45, 7) is 4.96. The van der Waals surface area contributed by atoms with E-state index in [0.29, 0.717) is 38.6 Å². The number of carbonyl (C=O) groups excluding carboxylic acids is 2. The van der Waals surface area contributed by atoms with Gasteiger partial charge in [-0.15, -0.1) is 0 Å². The first-order valence-corrected chi connectivity index (χ1v) is 9.53. The van der Waals surface area contributed by atoms with Crippen LogP contribution >= 0.6 is 0 Å². The number of anilines is 1. The van der Waals surface area contributed by atoms with Crippen molar-refractivity contribution in [3.05, 3.63) is 47.4 Å². The number of hydrogen-bond donors (Lipinski definition) is 3. The summed E-state index contributed by atoms with van der Waals surface area (Å²) in [5.74, 6) is -0.118. The SMILES string of the molecule is C[N+](=O)c1ccc2nc(-c3ccc(NC(=O)CNC(=O)OC(C)(C)C)cc3)n(O)c2c1. The van der Waals surface area contributed by atoms with E-state index in [1.165, 1.54) is 7.05 Å². The minimum absolute atomic E-state index is 0.237. The molecular weight excluding hydrogens is 402 g/mol. The number of aromatic nitrogens is 2. The van der Waals surface area contributed by atoms with Gasteiger partial charge >= 0.3 is 6.09 Å². The van der Waals surface area contributed by atoms with Crippen LogP contribution in [0.3, 0.4) is 0 Å². The van der Waals surface area contributed by atoms with Crippen molar-refractivity contribution < 1.29 is 24.3 Å². The van der Waals surface area contributed by atoms with Gasteiger partial charge in [0.25, 0.3) is 5.69 Å². The van der Waals surface area contributed by atoms with Gasteiger partial charge in [-0.2, -0.15) is 4.73 Å². The number of amides is 2. The fourth-order valence-electron chi connectivity index (χ4n) is 2.81. The van der Waals surface area contributed by atoms with E-state index in [9.17, 15) is 19.7 Å². The predicted molar refractivity (Wildman–Crippen MR) is 114 cm³/mol. The Balaban J connectivity index is 1.68. The molecule has 0 aliphatic rings. The normalized spacial score (nSPS) is 11.2. The second-order valence-corrected chi connectivity index (χ2v) is 7.90. The first-order chi connectivity index (χ1) is 14.5. The van der Waals surface area contributed by atoms with E-state index in [-0.39, 0.29) is 6.54 Å². The molecule has 162 valence electrons. The van der Waals surface area contributed by atoms with Crippen LogP contribution in [0.25, 0.3) is 22.4 Å². The van der Waals surface area contributed by atoms with Gasteiger partial charge in [0, 0.05) is 33.1 Å². The van der Waals surface area contributed by atoms with Crippen LogP contribution in [0.15, 0.2) is 42.5 Å². The highest BCUT2D eigenvalue weighted by Gasteiger charge is 2.18. The van der Waals surface area contributed by atoms with E-state index in [0.717, 1.165) is 4.73 Å². The zero-order chi connectivity index (χ0) is 22.8. The molecule has 3 N–H and O–H groups in total. The molecule has 0 radical (unpaired) electrons. The standard InChI is InChI=1S/C21H23N5O5/c1-21(2,3)31-20(28)22-12-18(27)23-14-7-5-13(6-8-14)19-24-16-10-9-15(25(4)29)11-17(16)26(19)30/h5-11H,12H2,1-4H3,(H2-,22,23,24,27,28,29,30)/p+1. The van der Waals surface area contributed by atoms with Crippen molar-refractivity contribution in [2.24, 2.45) is 0 Å². The van der Waals surface area contributed by atoms with Crippen LogP contribution in [-0.2, 0) is 9.53 Å². The number of carbonyl (C=O) groups is 2. The molecule has 2 amide bonds. The molecule has 0 aliphatic heterocycles. The molecule has 0 unspecified atom stereocenters. The topological polar surface area (TPSA) is 126 Å². The number of alkyl carbamates (subject to hydrolysis) is 1. The number of imidazole rings is 1. The fourth-order valence-corrected chi connectivity index (χ4v) is 2.81. The molecule has 31 heavy (non-hydrogen) atoms. The Morgan fingerprint density at radius 3 is 2.45 bits per heavy atom. The zero-order valence-corrected chi connectivity index (χ0v) is 17.7. The van der Waals surface area contributed by atoms with Crippen LogP contribution < -0.4 is 10.6 Å². The fraction of sp³-hybridized carbons (Fsp3) is 0.286. The smallest absolute Gasteiger partial charge is 0.408 e. The number of ether oxygens (including phenoxy) is 1. The van der Waals surface area contributed by atoms with Crippen molar-refractivity contribution in [2.45, 2.75) is 26.4 Å². The molecule has 1 aromatic heterocycles. The lowest BCUT2D eigenvalue weighted by molar-refractivity contribution is -0.428. The minimum Gasteiger partial charge on any atom is -0.444 e. The van der Waals surface area contributed by atoms with Crippen LogP contribution in [0.2, 0.25) is 0 Å². The van der Waals surface area contributed by atoms with Crippen molar-refractivity contribution in [2.75, 3.05) is 18.9 Å². The number of nitrogens with one attached hydrogen (secondary N) is 2. The third-order valence-electron chi connectivity index (χ3n) is 4.20. The Kier molecular flexibility index (Phi) is 5.91. The summed E-state index contributed by atoms with van der Waals surface area (Å²) < 4.78 is 6.69. The summed E-state index contributed by atoms with van der Waals surface area (Å²) in [5, 5.41) is 15.5. The van der Waals surface area contributed by atoms with E-state index in [4.69, 9.17) is 4.74 Å². The molecule has 0 fully saturated rings. The first-order valence-electron chi connectivity index (χ1n) is 9.53. The predicted octanol–water partition coefficient (Wildman–Crippen LogP) is 3.44. The largest absolute Gasteiger partial charge is 0.444 e. The van der Waals surface area contributed by atoms with Crippen LogP contribution in [0, 0.1) is 4.91 Å². The second kappa shape index (κ2) is 8.42. The number of hydrogen-bond acceptors (Lipinski definition) is 6. The van der Waals surface area contributed by atoms with E-state index in [1.54, 1.807) is 63.2 Å². The summed E-state index contributed by atoms with van der Waals surface area (Å²) >= 11 is 0. The van der Waals surface area contributed by atoms with Crippen LogP contribution in [0.5, 0.6) is 0 Å². The average Bonchev–Trinajstić information content (AvgIpc) is 3.02. The highest BCUT2D eigenvalue weighted by atomic mass is 16.6. The summed E-state index contributed by atoms with van der Waals surface area (Å²) in [4.78, 5) is 39.5. The van der Waals surface area contributed by atoms with E-state index >= 15 is 0 Å². The molecule has 0 bridgehead atoms. The van der Waals surface area contributed by atoms with E-state index in [2.05, 4.69) is 15.6 Å². The molecule has 10 nitrogen and oxygen atoms in total. The quantitative estimate of drug-likeness (QED) is 0.424. The number of benzene rings is 2. The Hall–Kier alpha value is -3.95. The maximum absolute atomic E-state index is 12.0. The molecule has 3 rings (SSSR count). The molecule has 3 aromatic rings. The summed E-state index contributed by atoms with van der Waals surface area (Å²) in [6, 6.07) is 11.5. The summed E-state index contributed by atoms with van der Waals surface area (Å²) in [5.41, 5.74) is 1.81. The van der Waals surface area contributed by atoms with Gasteiger partial charge in [-0.25, -0.2) is 9.78 Å². The average molecular weight is 426 g/mol. The lowest BCUT2D eigenvalue weighted by atomic mass is 10.2. The number of fused-ring (bicyclic) bond motifs is 1. The van der Waals surface area contributed by atoms with Crippen LogP contribution in [-0.4, -0.2) is 50.9 Å². The number of rotatable bonds is 5. The molecule has 2 aromatic carbocycles.